The smallest absolute Gasteiger partial charge is 0.251 e. The van der Waals surface area contributed by atoms with E-state index >= 15 is 0 Å². The zero-order chi connectivity index (χ0) is 22.8. The predicted molar refractivity (Wildman–Crippen MR) is 126 cm³/mol. The number of ether oxygens (including phenoxy) is 2. The molecule has 172 valence electrons. The van der Waals surface area contributed by atoms with Gasteiger partial charge in [-0.1, -0.05) is 19.9 Å². The highest BCUT2D eigenvalue weighted by molar-refractivity contribution is 5.96. The summed E-state index contributed by atoms with van der Waals surface area (Å²) in [5, 5.41) is 8.83. The number of nitrogens with one attached hydrogen (secondary N) is 3. The second kappa shape index (κ2) is 12.1. The molecular formula is C25H33N3O4. The molecule has 7 heteroatoms. The van der Waals surface area contributed by atoms with Crippen LogP contribution >= 0.6 is 0 Å². The molecule has 2 aromatic rings. The van der Waals surface area contributed by atoms with Gasteiger partial charge in [-0.15, -0.1) is 0 Å². The molecule has 1 aliphatic rings. The van der Waals surface area contributed by atoms with Gasteiger partial charge in [0.15, 0.2) is 0 Å². The van der Waals surface area contributed by atoms with E-state index in [1.165, 1.54) is 0 Å². The number of hydrogen-bond acceptors (Lipinski definition) is 5. The fourth-order valence-corrected chi connectivity index (χ4v) is 3.31. The number of benzene rings is 2. The second-order valence-corrected chi connectivity index (χ2v) is 8.38. The Morgan fingerprint density at radius 1 is 1.12 bits per heavy atom. The third-order valence-electron chi connectivity index (χ3n) is 5.20. The molecule has 1 unspecified atom stereocenters. The van der Waals surface area contributed by atoms with Gasteiger partial charge in [0.05, 0.1) is 19.3 Å². The van der Waals surface area contributed by atoms with E-state index in [0.29, 0.717) is 30.3 Å². The first-order valence-electron chi connectivity index (χ1n) is 11.3. The van der Waals surface area contributed by atoms with Crippen molar-refractivity contribution in [3.63, 3.8) is 0 Å². The number of anilines is 2. The summed E-state index contributed by atoms with van der Waals surface area (Å²) in [4.78, 5) is 24.5. The van der Waals surface area contributed by atoms with Crippen molar-refractivity contribution < 1.29 is 19.1 Å². The Hall–Kier alpha value is -3.06. The highest BCUT2D eigenvalue weighted by atomic mass is 16.5. The predicted octanol–water partition coefficient (Wildman–Crippen LogP) is 4.07. The first-order chi connectivity index (χ1) is 15.5. The van der Waals surface area contributed by atoms with E-state index in [1.54, 1.807) is 24.3 Å². The third kappa shape index (κ3) is 7.89. The monoisotopic (exact) mass is 439 g/mol. The van der Waals surface area contributed by atoms with Gasteiger partial charge in [0.1, 0.15) is 5.75 Å². The van der Waals surface area contributed by atoms with Crippen LogP contribution in [0.1, 0.15) is 43.5 Å². The molecule has 7 nitrogen and oxygen atoms in total. The van der Waals surface area contributed by atoms with Crippen molar-refractivity contribution in [3.05, 3.63) is 54.1 Å². The van der Waals surface area contributed by atoms with Crippen molar-refractivity contribution in [3.8, 4) is 5.75 Å². The lowest BCUT2D eigenvalue weighted by atomic mass is 10.1. The normalized spacial score (nSPS) is 15.4. The molecule has 0 radical (unpaired) electrons. The Kier molecular flexibility index (Phi) is 8.92. The van der Waals surface area contributed by atoms with Crippen molar-refractivity contribution in [1.29, 1.82) is 0 Å². The molecule has 32 heavy (non-hydrogen) atoms. The lowest BCUT2D eigenvalue weighted by molar-refractivity contribution is -0.114. The summed E-state index contributed by atoms with van der Waals surface area (Å²) in [6.45, 7) is 6.40. The maximum atomic E-state index is 12.3. The van der Waals surface area contributed by atoms with Crippen LogP contribution in [0, 0.1) is 5.92 Å². The van der Waals surface area contributed by atoms with E-state index in [0.717, 1.165) is 37.3 Å². The van der Waals surface area contributed by atoms with E-state index in [-0.39, 0.29) is 24.5 Å². The summed E-state index contributed by atoms with van der Waals surface area (Å²) in [5.41, 5.74) is 2.01. The fraction of sp³-hybridized carbons (Fsp3) is 0.440. The maximum Gasteiger partial charge on any atom is 0.251 e. The first kappa shape index (κ1) is 23.6. The largest absolute Gasteiger partial charge is 0.494 e. The Balaban J connectivity index is 1.41. The van der Waals surface area contributed by atoms with Crippen LogP contribution < -0.4 is 20.7 Å². The van der Waals surface area contributed by atoms with Gasteiger partial charge in [-0.05, 0) is 61.6 Å². The van der Waals surface area contributed by atoms with Crippen LogP contribution in [0.3, 0.4) is 0 Å². The van der Waals surface area contributed by atoms with Gasteiger partial charge in [0, 0.05) is 36.2 Å². The van der Waals surface area contributed by atoms with Crippen LogP contribution in [0.15, 0.2) is 48.5 Å². The van der Waals surface area contributed by atoms with Gasteiger partial charge < -0.3 is 25.4 Å². The average Bonchev–Trinajstić information content (AvgIpc) is 3.30. The molecule has 1 atom stereocenters. The second-order valence-electron chi connectivity index (χ2n) is 8.38. The summed E-state index contributed by atoms with van der Waals surface area (Å²) in [5.74, 6) is 1.06. The molecular weight excluding hydrogens is 406 g/mol. The van der Waals surface area contributed by atoms with Crippen LogP contribution in [0.2, 0.25) is 0 Å². The van der Waals surface area contributed by atoms with Gasteiger partial charge in [0.25, 0.3) is 5.91 Å². The fourth-order valence-electron chi connectivity index (χ4n) is 3.31. The number of amides is 2. The zero-order valence-corrected chi connectivity index (χ0v) is 18.9. The van der Waals surface area contributed by atoms with E-state index in [9.17, 15) is 9.59 Å². The van der Waals surface area contributed by atoms with Gasteiger partial charge >= 0.3 is 0 Å². The summed E-state index contributed by atoms with van der Waals surface area (Å²) >= 11 is 0. The number of carbonyl (C=O) groups excluding carboxylic acids is 2. The van der Waals surface area contributed by atoms with Crippen molar-refractivity contribution >= 4 is 23.2 Å². The minimum absolute atomic E-state index is 0.109. The topological polar surface area (TPSA) is 88.7 Å². The molecule has 3 rings (SSSR count). The number of carbonyl (C=O) groups is 2. The summed E-state index contributed by atoms with van der Waals surface area (Å²) < 4.78 is 11.3. The molecule has 2 amide bonds. The molecule has 1 fully saturated rings. The summed E-state index contributed by atoms with van der Waals surface area (Å²) in [6.07, 6.45) is 3.13. The molecule has 0 saturated carbocycles. The van der Waals surface area contributed by atoms with Crippen LogP contribution in [0.25, 0.3) is 0 Å². The van der Waals surface area contributed by atoms with Gasteiger partial charge in [-0.2, -0.15) is 0 Å². The first-order valence-corrected chi connectivity index (χ1v) is 11.3. The summed E-state index contributed by atoms with van der Waals surface area (Å²) in [6, 6.07) is 14.4. The molecule has 1 saturated heterocycles. The Morgan fingerprint density at radius 3 is 2.66 bits per heavy atom. The Bertz CT molecular complexity index is 877. The lowest BCUT2D eigenvalue weighted by Gasteiger charge is -2.12. The van der Waals surface area contributed by atoms with Gasteiger partial charge in [-0.3, -0.25) is 9.59 Å². The van der Waals surface area contributed by atoms with Crippen LogP contribution in [0.5, 0.6) is 5.75 Å². The molecule has 1 aliphatic heterocycles. The Labute approximate surface area is 189 Å². The number of rotatable bonds is 11. The lowest BCUT2D eigenvalue weighted by Crippen LogP contribution is -2.31. The third-order valence-corrected chi connectivity index (χ3v) is 5.20. The van der Waals surface area contributed by atoms with Crippen molar-refractivity contribution in [1.82, 2.24) is 5.32 Å². The zero-order valence-electron chi connectivity index (χ0n) is 18.9. The highest BCUT2D eigenvalue weighted by Crippen LogP contribution is 2.18. The van der Waals surface area contributed by atoms with Gasteiger partial charge in [0.2, 0.25) is 5.91 Å². The minimum atomic E-state index is -0.174. The molecule has 0 aromatic heterocycles. The quantitative estimate of drug-likeness (QED) is 0.491. The molecule has 3 N–H and O–H groups in total. The molecule has 0 bridgehead atoms. The standard InChI is InChI=1S/C25H33N3O4/c1-18(2)12-14-32-22-6-3-5-21(15-22)26-17-24(29)28-20-10-8-19(9-11-20)25(30)27-16-23-7-4-13-31-23/h3,5-6,8-11,15,18,23,26H,4,7,12-14,16-17H2,1-2H3,(H,27,30)(H,28,29). The van der Waals surface area contributed by atoms with Gasteiger partial charge in [-0.25, -0.2) is 0 Å². The van der Waals surface area contributed by atoms with E-state index in [2.05, 4.69) is 29.8 Å². The van der Waals surface area contributed by atoms with Crippen LogP contribution in [-0.2, 0) is 9.53 Å². The van der Waals surface area contributed by atoms with Crippen LogP contribution in [0.4, 0.5) is 11.4 Å². The Morgan fingerprint density at radius 2 is 1.94 bits per heavy atom. The average molecular weight is 440 g/mol. The minimum Gasteiger partial charge on any atom is -0.494 e. The molecule has 0 aliphatic carbocycles. The van der Waals surface area contributed by atoms with Crippen molar-refractivity contribution in [2.24, 2.45) is 5.92 Å². The van der Waals surface area contributed by atoms with E-state index in [4.69, 9.17) is 9.47 Å². The van der Waals surface area contributed by atoms with Crippen molar-refractivity contribution in [2.75, 3.05) is 36.9 Å². The SMILES string of the molecule is CC(C)CCOc1cccc(NCC(=O)Nc2ccc(C(=O)NCC3CCCO3)cc2)c1. The molecule has 2 aromatic carbocycles. The summed E-state index contributed by atoms with van der Waals surface area (Å²) in [7, 11) is 0. The molecule has 1 heterocycles. The number of hydrogen-bond donors (Lipinski definition) is 3. The molecule has 0 spiro atoms. The maximum absolute atomic E-state index is 12.3. The van der Waals surface area contributed by atoms with E-state index < -0.39 is 0 Å². The van der Waals surface area contributed by atoms with Crippen LogP contribution in [-0.4, -0.2) is 44.2 Å². The highest BCUT2D eigenvalue weighted by Gasteiger charge is 2.16. The van der Waals surface area contributed by atoms with E-state index in [1.807, 2.05) is 24.3 Å². The van der Waals surface area contributed by atoms with Crippen molar-refractivity contribution in [2.45, 2.75) is 39.2 Å².